The molecule has 0 aromatic carbocycles. The summed E-state index contributed by atoms with van der Waals surface area (Å²) in [5.41, 5.74) is 1.01. The van der Waals surface area contributed by atoms with Gasteiger partial charge in [0.25, 0.3) is 0 Å². The Morgan fingerprint density at radius 1 is 1.45 bits per heavy atom. The molecule has 0 radical (unpaired) electrons. The van der Waals surface area contributed by atoms with E-state index in [-0.39, 0.29) is 0 Å². The van der Waals surface area contributed by atoms with E-state index in [2.05, 4.69) is 34.5 Å². The summed E-state index contributed by atoms with van der Waals surface area (Å²) in [6, 6.07) is 3.11. The highest BCUT2D eigenvalue weighted by atomic mass is 35.5. The molecule has 0 bridgehead atoms. The van der Waals surface area contributed by atoms with Crippen molar-refractivity contribution < 1.29 is 0 Å². The standard InChI is InChI=1S/C15H25Cl2N5/c1-10(21(3)11-5-6-11)8-19-15(18-2)20-9-12-7-13(16)14(17)22(12)4/h7,10-11H,5-6,8-9H2,1-4H3,(H2,18,19,20). The van der Waals surface area contributed by atoms with Gasteiger partial charge in [-0.15, -0.1) is 0 Å². The van der Waals surface area contributed by atoms with Crippen LogP contribution in [0.2, 0.25) is 10.2 Å². The van der Waals surface area contributed by atoms with E-state index < -0.39 is 0 Å². The van der Waals surface area contributed by atoms with Gasteiger partial charge in [-0.3, -0.25) is 9.89 Å². The maximum Gasteiger partial charge on any atom is 0.191 e. The zero-order valence-electron chi connectivity index (χ0n) is 13.7. The zero-order valence-corrected chi connectivity index (χ0v) is 15.2. The van der Waals surface area contributed by atoms with Crippen LogP contribution in [0.1, 0.15) is 25.5 Å². The average molecular weight is 346 g/mol. The molecule has 2 rings (SSSR count). The number of hydrogen-bond acceptors (Lipinski definition) is 2. The summed E-state index contributed by atoms with van der Waals surface area (Å²) >= 11 is 12.1. The Morgan fingerprint density at radius 3 is 2.64 bits per heavy atom. The lowest BCUT2D eigenvalue weighted by Crippen LogP contribution is -2.45. The Balaban J connectivity index is 1.80. The summed E-state index contributed by atoms with van der Waals surface area (Å²) in [6.07, 6.45) is 2.64. The maximum atomic E-state index is 6.07. The monoisotopic (exact) mass is 345 g/mol. The molecule has 7 heteroatoms. The van der Waals surface area contributed by atoms with Crippen molar-refractivity contribution in [2.75, 3.05) is 20.6 Å². The van der Waals surface area contributed by atoms with Crippen LogP contribution in [-0.4, -0.2) is 48.2 Å². The third kappa shape index (κ3) is 4.31. The molecule has 1 aliphatic rings. The van der Waals surface area contributed by atoms with Gasteiger partial charge in [-0.05, 0) is 32.9 Å². The minimum absolute atomic E-state index is 0.477. The van der Waals surface area contributed by atoms with Crippen molar-refractivity contribution in [1.29, 1.82) is 0 Å². The maximum absolute atomic E-state index is 6.07. The molecule has 1 aromatic rings. The molecule has 1 aromatic heterocycles. The summed E-state index contributed by atoms with van der Waals surface area (Å²) in [6.45, 7) is 3.71. The van der Waals surface area contributed by atoms with Gasteiger partial charge in [0, 0.05) is 38.4 Å². The fourth-order valence-electron chi connectivity index (χ4n) is 2.38. The van der Waals surface area contributed by atoms with Gasteiger partial charge >= 0.3 is 0 Å². The molecule has 0 saturated heterocycles. The zero-order chi connectivity index (χ0) is 16.3. The second-order valence-corrected chi connectivity index (χ2v) is 6.65. The van der Waals surface area contributed by atoms with E-state index in [0.717, 1.165) is 24.2 Å². The number of aliphatic imine (C=N–C) groups is 1. The Bertz CT molecular complexity index is 536. The molecule has 0 amide bonds. The van der Waals surface area contributed by atoms with Crippen LogP contribution >= 0.6 is 23.2 Å². The largest absolute Gasteiger partial charge is 0.355 e. The van der Waals surface area contributed by atoms with Crippen LogP contribution in [0.15, 0.2) is 11.1 Å². The quantitative estimate of drug-likeness (QED) is 0.614. The number of aromatic nitrogens is 1. The Morgan fingerprint density at radius 2 is 2.14 bits per heavy atom. The molecule has 1 atom stereocenters. The highest BCUT2D eigenvalue weighted by molar-refractivity contribution is 6.41. The van der Waals surface area contributed by atoms with Gasteiger partial charge in [0.05, 0.1) is 11.6 Å². The number of guanidine groups is 1. The lowest BCUT2D eigenvalue weighted by Gasteiger charge is -2.25. The average Bonchev–Trinajstić information content (AvgIpc) is 3.32. The third-order valence-corrected chi connectivity index (χ3v) is 5.10. The van der Waals surface area contributed by atoms with Crippen LogP contribution in [0.5, 0.6) is 0 Å². The molecule has 2 N–H and O–H groups in total. The lowest BCUT2D eigenvalue weighted by molar-refractivity contribution is 0.247. The smallest absolute Gasteiger partial charge is 0.191 e. The van der Waals surface area contributed by atoms with Crippen LogP contribution in [-0.2, 0) is 13.6 Å². The Labute approximate surface area is 142 Å². The number of hydrogen-bond donors (Lipinski definition) is 2. The highest BCUT2D eigenvalue weighted by Crippen LogP contribution is 2.26. The molecular weight excluding hydrogens is 321 g/mol. The molecule has 1 heterocycles. The second kappa shape index (κ2) is 7.57. The fraction of sp³-hybridized carbons (Fsp3) is 0.667. The fourth-order valence-corrected chi connectivity index (χ4v) is 2.80. The van der Waals surface area contributed by atoms with Crippen LogP contribution < -0.4 is 10.6 Å². The molecule has 0 spiro atoms. The van der Waals surface area contributed by atoms with Crippen molar-refractivity contribution in [1.82, 2.24) is 20.1 Å². The van der Waals surface area contributed by atoms with E-state index in [1.54, 1.807) is 7.05 Å². The number of rotatable bonds is 6. The summed E-state index contributed by atoms with van der Waals surface area (Å²) in [5, 5.41) is 7.78. The van der Waals surface area contributed by atoms with Gasteiger partial charge in [-0.1, -0.05) is 23.2 Å². The topological polar surface area (TPSA) is 44.6 Å². The van der Waals surface area contributed by atoms with Crippen LogP contribution in [0.4, 0.5) is 0 Å². The number of halogens is 2. The normalized spacial score (nSPS) is 17.0. The van der Waals surface area contributed by atoms with E-state index in [0.29, 0.717) is 22.8 Å². The predicted octanol–water partition coefficient (Wildman–Crippen LogP) is 2.48. The van der Waals surface area contributed by atoms with Crippen molar-refractivity contribution in [2.24, 2.45) is 12.0 Å². The van der Waals surface area contributed by atoms with Crippen LogP contribution in [0.25, 0.3) is 0 Å². The molecule has 1 unspecified atom stereocenters. The predicted molar refractivity (Wildman–Crippen MR) is 93.9 cm³/mol. The van der Waals surface area contributed by atoms with Gasteiger partial charge in [0.1, 0.15) is 5.15 Å². The first-order valence-corrected chi connectivity index (χ1v) is 8.35. The van der Waals surface area contributed by atoms with E-state index in [4.69, 9.17) is 23.2 Å². The van der Waals surface area contributed by atoms with E-state index in [1.807, 2.05) is 17.7 Å². The summed E-state index contributed by atoms with van der Waals surface area (Å²) in [4.78, 5) is 6.68. The summed E-state index contributed by atoms with van der Waals surface area (Å²) < 4.78 is 1.87. The highest BCUT2D eigenvalue weighted by Gasteiger charge is 2.28. The van der Waals surface area contributed by atoms with Crippen LogP contribution in [0.3, 0.4) is 0 Å². The SMILES string of the molecule is CN=C(NCc1cc(Cl)c(Cl)n1C)NCC(C)N(C)C1CC1. The van der Waals surface area contributed by atoms with Crippen molar-refractivity contribution in [3.8, 4) is 0 Å². The molecule has 1 fully saturated rings. The number of nitrogens with one attached hydrogen (secondary N) is 2. The lowest BCUT2D eigenvalue weighted by atomic mass is 10.3. The Kier molecular flexibility index (Phi) is 6.01. The van der Waals surface area contributed by atoms with E-state index in [1.165, 1.54) is 12.8 Å². The molecule has 5 nitrogen and oxygen atoms in total. The minimum Gasteiger partial charge on any atom is -0.355 e. The van der Waals surface area contributed by atoms with Crippen LogP contribution in [0, 0.1) is 0 Å². The summed E-state index contributed by atoms with van der Waals surface area (Å²) in [5.74, 6) is 0.782. The van der Waals surface area contributed by atoms with Crippen molar-refractivity contribution in [3.05, 3.63) is 21.9 Å². The third-order valence-electron chi connectivity index (χ3n) is 4.26. The number of nitrogens with zero attached hydrogens (tertiary/aromatic N) is 3. The van der Waals surface area contributed by atoms with Gasteiger partial charge in [0.15, 0.2) is 5.96 Å². The molecule has 124 valence electrons. The van der Waals surface area contributed by atoms with E-state index >= 15 is 0 Å². The molecule has 0 aliphatic heterocycles. The molecule has 1 saturated carbocycles. The van der Waals surface area contributed by atoms with Gasteiger partial charge in [-0.2, -0.15) is 0 Å². The van der Waals surface area contributed by atoms with Gasteiger partial charge in [-0.25, -0.2) is 0 Å². The Hall–Kier alpha value is -0.910. The van der Waals surface area contributed by atoms with Crippen molar-refractivity contribution in [2.45, 2.75) is 38.4 Å². The minimum atomic E-state index is 0.477. The summed E-state index contributed by atoms with van der Waals surface area (Å²) in [7, 11) is 5.86. The van der Waals surface area contributed by atoms with Gasteiger partial charge < -0.3 is 15.2 Å². The molecule has 1 aliphatic carbocycles. The van der Waals surface area contributed by atoms with Crippen molar-refractivity contribution in [3.63, 3.8) is 0 Å². The first-order valence-electron chi connectivity index (χ1n) is 7.60. The van der Waals surface area contributed by atoms with Gasteiger partial charge in [0.2, 0.25) is 0 Å². The first kappa shape index (κ1) is 17.4. The van der Waals surface area contributed by atoms with Crippen molar-refractivity contribution >= 4 is 29.2 Å². The molecule has 22 heavy (non-hydrogen) atoms. The first-order chi connectivity index (χ1) is 10.4. The number of likely N-dealkylation sites (N-methyl/N-ethyl adjacent to an activating group) is 1. The second-order valence-electron chi connectivity index (χ2n) is 5.89. The molecular formula is C15H25Cl2N5. The van der Waals surface area contributed by atoms with E-state index in [9.17, 15) is 0 Å².